The van der Waals surface area contributed by atoms with Gasteiger partial charge in [-0.05, 0) is 60.9 Å². The highest BCUT2D eigenvalue weighted by Gasteiger charge is 2.37. The molecule has 1 fully saturated rings. The Morgan fingerprint density at radius 3 is 2.41 bits per heavy atom. The predicted octanol–water partition coefficient (Wildman–Crippen LogP) is 2.70. The number of imide groups is 2. The normalized spacial score (nSPS) is 17.5. The first kappa shape index (κ1) is 16.8. The highest BCUT2D eigenvalue weighted by atomic mass is 16.7. The molecule has 1 saturated heterocycles. The fourth-order valence-electron chi connectivity index (χ4n) is 3.14. The van der Waals surface area contributed by atoms with E-state index >= 15 is 0 Å². The Morgan fingerprint density at radius 2 is 1.67 bits per heavy atom. The smallest absolute Gasteiger partial charge is 0.335 e. The molecule has 0 aromatic heterocycles. The number of urea groups is 1. The largest absolute Gasteiger partial charge is 0.454 e. The minimum atomic E-state index is -0.766. The highest BCUT2D eigenvalue weighted by molar-refractivity contribution is 6.39. The molecule has 0 bridgehead atoms. The maximum Gasteiger partial charge on any atom is 0.335 e. The average Bonchev–Trinajstić information content (AvgIpc) is 3.05. The van der Waals surface area contributed by atoms with Crippen molar-refractivity contribution in [3.8, 4) is 11.5 Å². The molecule has 0 radical (unpaired) electrons. The molecule has 4 rings (SSSR count). The van der Waals surface area contributed by atoms with Gasteiger partial charge < -0.3 is 9.47 Å². The van der Waals surface area contributed by atoms with Gasteiger partial charge in [0.1, 0.15) is 5.57 Å². The Balaban J connectivity index is 1.73. The number of nitrogens with one attached hydrogen (secondary N) is 1. The van der Waals surface area contributed by atoms with Gasteiger partial charge in [-0.15, -0.1) is 0 Å². The van der Waals surface area contributed by atoms with Gasteiger partial charge in [-0.2, -0.15) is 0 Å². The lowest BCUT2D eigenvalue weighted by molar-refractivity contribution is -0.122. The lowest BCUT2D eigenvalue weighted by Crippen LogP contribution is -2.54. The Hall–Kier alpha value is -3.61. The zero-order chi connectivity index (χ0) is 19.1. The maximum absolute atomic E-state index is 12.9. The molecule has 4 amide bonds. The second-order valence-corrected chi connectivity index (χ2v) is 6.42. The summed E-state index contributed by atoms with van der Waals surface area (Å²) < 4.78 is 10.6. The summed E-state index contributed by atoms with van der Waals surface area (Å²) in [5, 5.41) is 2.22. The first-order valence-corrected chi connectivity index (χ1v) is 8.32. The molecule has 2 aliphatic rings. The number of anilines is 1. The van der Waals surface area contributed by atoms with Crippen LogP contribution in [0.2, 0.25) is 0 Å². The summed E-state index contributed by atoms with van der Waals surface area (Å²) >= 11 is 0. The third-order valence-corrected chi connectivity index (χ3v) is 4.27. The van der Waals surface area contributed by atoms with Crippen molar-refractivity contribution >= 4 is 29.6 Å². The number of barbiturate groups is 1. The van der Waals surface area contributed by atoms with Crippen LogP contribution in [-0.4, -0.2) is 24.6 Å². The molecule has 7 nitrogen and oxygen atoms in total. The maximum atomic E-state index is 12.9. The van der Waals surface area contributed by atoms with Gasteiger partial charge in [0.2, 0.25) is 6.79 Å². The van der Waals surface area contributed by atoms with Crippen molar-refractivity contribution < 1.29 is 23.9 Å². The number of aryl methyl sites for hydroxylation is 2. The molecule has 1 N–H and O–H groups in total. The number of hydrogen-bond donors (Lipinski definition) is 1. The number of nitrogens with zero attached hydrogens (tertiary/aromatic N) is 1. The molecule has 0 spiro atoms. The van der Waals surface area contributed by atoms with Crippen LogP contribution in [0.15, 0.2) is 42.0 Å². The highest BCUT2D eigenvalue weighted by Crippen LogP contribution is 2.33. The van der Waals surface area contributed by atoms with Crippen LogP contribution in [-0.2, 0) is 9.59 Å². The van der Waals surface area contributed by atoms with Crippen molar-refractivity contribution in [3.05, 3.63) is 58.7 Å². The summed E-state index contributed by atoms with van der Waals surface area (Å²) in [5.74, 6) is -0.270. The summed E-state index contributed by atoms with van der Waals surface area (Å²) in [6, 6.07) is 9.69. The van der Waals surface area contributed by atoms with Crippen LogP contribution in [0.25, 0.3) is 6.08 Å². The van der Waals surface area contributed by atoms with E-state index in [2.05, 4.69) is 5.32 Å². The van der Waals surface area contributed by atoms with E-state index in [1.807, 2.05) is 19.9 Å². The molecular weight excluding hydrogens is 348 g/mol. The van der Waals surface area contributed by atoms with E-state index in [1.54, 1.807) is 30.3 Å². The summed E-state index contributed by atoms with van der Waals surface area (Å²) in [5.41, 5.74) is 2.69. The van der Waals surface area contributed by atoms with Gasteiger partial charge in [0.15, 0.2) is 11.5 Å². The summed E-state index contributed by atoms with van der Waals surface area (Å²) in [6.45, 7) is 3.87. The standard InChI is InChI=1S/C20H16N2O5/c1-11-5-12(2)7-14(6-11)22-19(24)15(18(23)21-20(22)25)8-13-3-4-16-17(9-13)27-10-26-16/h3-9H,10H2,1-2H3,(H,21,23,25)/b15-8+. The van der Waals surface area contributed by atoms with Gasteiger partial charge in [0.05, 0.1) is 5.69 Å². The molecule has 0 unspecified atom stereocenters. The lowest BCUT2D eigenvalue weighted by Gasteiger charge is -2.27. The van der Waals surface area contributed by atoms with E-state index < -0.39 is 17.8 Å². The van der Waals surface area contributed by atoms with E-state index in [-0.39, 0.29) is 12.4 Å². The van der Waals surface area contributed by atoms with Crippen molar-refractivity contribution in [2.45, 2.75) is 13.8 Å². The number of amides is 4. The van der Waals surface area contributed by atoms with Crippen LogP contribution < -0.4 is 19.7 Å². The molecule has 2 aromatic carbocycles. The fourth-order valence-corrected chi connectivity index (χ4v) is 3.14. The van der Waals surface area contributed by atoms with Gasteiger partial charge in [-0.25, -0.2) is 9.69 Å². The van der Waals surface area contributed by atoms with Crippen LogP contribution >= 0.6 is 0 Å². The monoisotopic (exact) mass is 364 g/mol. The van der Waals surface area contributed by atoms with Gasteiger partial charge in [0.25, 0.3) is 11.8 Å². The minimum Gasteiger partial charge on any atom is -0.454 e. The molecule has 27 heavy (non-hydrogen) atoms. The Morgan fingerprint density at radius 1 is 0.963 bits per heavy atom. The third-order valence-electron chi connectivity index (χ3n) is 4.27. The average molecular weight is 364 g/mol. The SMILES string of the molecule is Cc1cc(C)cc(N2C(=O)NC(=O)/C(=C\c3ccc4c(c3)OCO4)C2=O)c1. The first-order valence-electron chi connectivity index (χ1n) is 8.32. The van der Waals surface area contributed by atoms with E-state index in [4.69, 9.17) is 9.47 Å². The van der Waals surface area contributed by atoms with Crippen molar-refractivity contribution in [1.29, 1.82) is 0 Å². The quantitative estimate of drug-likeness (QED) is 0.654. The lowest BCUT2D eigenvalue weighted by atomic mass is 10.1. The molecule has 2 aromatic rings. The molecule has 2 heterocycles. The Labute approximate surface area is 155 Å². The Bertz CT molecular complexity index is 1000. The van der Waals surface area contributed by atoms with Crippen LogP contribution in [0, 0.1) is 13.8 Å². The molecule has 0 atom stereocenters. The third kappa shape index (κ3) is 3.03. The van der Waals surface area contributed by atoms with E-state index in [0.717, 1.165) is 16.0 Å². The van der Waals surface area contributed by atoms with Crippen molar-refractivity contribution in [1.82, 2.24) is 5.32 Å². The zero-order valence-electron chi connectivity index (χ0n) is 14.7. The van der Waals surface area contributed by atoms with Gasteiger partial charge in [0, 0.05) is 0 Å². The van der Waals surface area contributed by atoms with Gasteiger partial charge in [-0.3, -0.25) is 14.9 Å². The molecular formula is C20H16N2O5. The van der Waals surface area contributed by atoms with Crippen LogP contribution in [0.1, 0.15) is 16.7 Å². The Kier molecular flexibility index (Phi) is 3.92. The number of hydrogen-bond acceptors (Lipinski definition) is 5. The molecule has 2 aliphatic heterocycles. The molecule has 136 valence electrons. The van der Waals surface area contributed by atoms with E-state index in [1.165, 1.54) is 6.08 Å². The van der Waals surface area contributed by atoms with Gasteiger partial charge >= 0.3 is 6.03 Å². The van der Waals surface area contributed by atoms with Crippen molar-refractivity contribution in [2.75, 3.05) is 11.7 Å². The van der Waals surface area contributed by atoms with Crippen LogP contribution in [0.4, 0.5) is 10.5 Å². The molecule has 0 saturated carbocycles. The molecule has 0 aliphatic carbocycles. The summed E-state index contributed by atoms with van der Waals surface area (Å²) in [6.07, 6.45) is 1.43. The second-order valence-electron chi connectivity index (χ2n) is 6.42. The predicted molar refractivity (Wildman–Crippen MR) is 97.5 cm³/mol. The topological polar surface area (TPSA) is 84.9 Å². The van der Waals surface area contributed by atoms with E-state index in [9.17, 15) is 14.4 Å². The van der Waals surface area contributed by atoms with E-state index in [0.29, 0.717) is 22.7 Å². The number of ether oxygens (including phenoxy) is 2. The first-order chi connectivity index (χ1) is 12.9. The van der Waals surface area contributed by atoms with Crippen molar-refractivity contribution in [3.63, 3.8) is 0 Å². The minimum absolute atomic E-state index is 0.129. The molecule has 7 heteroatoms. The summed E-state index contributed by atoms with van der Waals surface area (Å²) in [4.78, 5) is 38.5. The van der Waals surface area contributed by atoms with Crippen LogP contribution in [0.5, 0.6) is 11.5 Å². The number of rotatable bonds is 2. The number of benzene rings is 2. The zero-order valence-corrected chi connectivity index (χ0v) is 14.7. The van der Waals surface area contributed by atoms with Crippen LogP contribution in [0.3, 0.4) is 0 Å². The fraction of sp³-hybridized carbons (Fsp3) is 0.150. The number of carbonyl (C=O) groups is 3. The second kappa shape index (κ2) is 6.28. The van der Waals surface area contributed by atoms with Crippen molar-refractivity contribution in [2.24, 2.45) is 0 Å². The number of carbonyl (C=O) groups excluding carboxylic acids is 3. The number of fused-ring (bicyclic) bond motifs is 1. The summed E-state index contributed by atoms with van der Waals surface area (Å²) in [7, 11) is 0. The van der Waals surface area contributed by atoms with Gasteiger partial charge in [-0.1, -0.05) is 12.1 Å².